The van der Waals surface area contributed by atoms with Crippen molar-refractivity contribution in [1.29, 1.82) is 0 Å². The summed E-state index contributed by atoms with van der Waals surface area (Å²) in [6.45, 7) is 0.644. The van der Waals surface area contributed by atoms with Crippen LogP contribution in [-0.4, -0.2) is 38.5 Å². The molecule has 0 spiro atoms. The average Bonchev–Trinajstić information content (AvgIpc) is 2.81. The molecule has 0 saturated carbocycles. The smallest absolute Gasteiger partial charge is 0.224 e. The van der Waals surface area contributed by atoms with E-state index in [1.54, 1.807) is 25.5 Å². The van der Waals surface area contributed by atoms with Gasteiger partial charge in [-0.25, -0.2) is 23.7 Å². The number of rotatable bonds is 7. The van der Waals surface area contributed by atoms with Crippen molar-refractivity contribution >= 4 is 11.8 Å². The molecule has 0 saturated heterocycles. The van der Waals surface area contributed by atoms with Gasteiger partial charge in [0.25, 0.3) is 0 Å². The Morgan fingerprint density at radius 2 is 1.84 bits per heavy atom. The first kappa shape index (κ1) is 20.3. The molecule has 7 nitrogen and oxygen atoms in total. The first-order chi connectivity index (χ1) is 15.1. The number of nitrogens with one attached hydrogen (secondary N) is 2. The first-order valence-electron chi connectivity index (χ1n) is 9.60. The van der Waals surface area contributed by atoms with E-state index in [1.807, 2.05) is 18.3 Å². The summed E-state index contributed by atoms with van der Waals surface area (Å²) in [4.78, 5) is 21.4. The van der Waals surface area contributed by atoms with Gasteiger partial charge in [0, 0.05) is 38.4 Å². The van der Waals surface area contributed by atoms with Gasteiger partial charge in [-0.15, -0.1) is 0 Å². The lowest BCUT2D eigenvalue weighted by Crippen LogP contribution is -2.10. The fraction of sp³-hybridized carbons (Fsp3) is 0.136. The molecule has 31 heavy (non-hydrogen) atoms. The highest BCUT2D eigenvalue weighted by Gasteiger charge is 2.14. The van der Waals surface area contributed by atoms with Gasteiger partial charge in [0.2, 0.25) is 5.95 Å². The topological polar surface area (TPSA) is 88.5 Å². The molecule has 4 rings (SSSR count). The Morgan fingerprint density at radius 3 is 2.65 bits per heavy atom. The molecule has 4 aromatic rings. The second-order valence-electron chi connectivity index (χ2n) is 6.63. The molecule has 1 aromatic carbocycles. The number of anilines is 2. The van der Waals surface area contributed by atoms with E-state index in [-0.39, 0.29) is 11.4 Å². The summed E-state index contributed by atoms with van der Waals surface area (Å²) >= 11 is 0. The van der Waals surface area contributed by atoms with Crippen LogP contribution in [0, 0.1) is 11.6 Å². The zero-order chi connectivity index (χ0) is 21.6. The lowest BCUT2D eigenvalue weighted by atomic mass is 10.1. The van der Waals surface area contributed by atoms with Crippen molar-refractivity contribution in [3.8, 4) is 22.6 Å². The van der Waals surface area contributed by atoms with Crippen LogP contribution >= 0.6 is 0 Å². The Balaban J connectivity index is 1.56. The second-order valence-corrected chi connectivity index (χ2v) is 6.63. The van der Waals surface area contributed by atoms with Crippen LogP contribution in [-0.2, 0) is 6.42 Å². The van der Waals surface area contributed by atoms with Gasteiger partial charge in [-0.2, -0.15) is 4.98 Å². The van der Waals surface area contributed by atoms with E-state index in [9.17, 15) is 8.78 Å². The van der Waals surface area contributed by atoms with E-state index < -0.39 is 11.6 Å². The van der Waals surface area contributed by atoms with Crippen LogP contribution in [0.5, 0.6) is 0 Å². The molecule has 0 atom stereocenters. The van der Waals surface area contributed by atoms with Crippen LogP contribution in [0.15, 0.2) is 61.2 Å². The lowest BCUT2D eigenvalue weighted by molar-refractivity contribution is 0.602. The summed E-state index contributed by atoms with van der Waals surface area (Å²) in [5.74, 6) is -0.0796. The number of hydrogen-bond acceptors (Lipinski definition) is 7. The lowest BCUT2D eigenvalue weighted by Gasteiger charge is -2.11. The SMILES string of the molecule is CNc1nc(NCCc2cccnc2)ncc1-c1ccnc(-c2cc(F)ccc2F)n1. The Hall–Kier alpha value is -4.01. The monoisotopic (exact) mass is 419 g/mol. The van der Waals surface area contributed by atoms with Gasteiger partial charge in [0.1, 0.15) is 17.5 Å². The van der Waals surface area contributed by atoms with Gasteiger partial charge < -0.3 is 10.6 Å². The van der Waals surface area contributed by atoms with Crippen molar-refractivity contribution in [2.24, 2.45) is 0 Å². The molecule has 0 bridgehead atoms. The summed E-state index contributed by atoms with van der Waals surface area (Å²) in [5, 5.41) is 6.21. The summed E-state index contributed by atoms with van der Waals surface area (Å²) in [6, 6.07) is 8.73. The highest BCUT2D eigenvalue weighted by Crippen LogP contribution is 2.27. The van der Waals surface area contributed by atoms with Gasteiger partial charge in [0.05, 0.1) is 16.8 Å². The minimum absolute atomic E-state index is 0.0116. The maximum absolute atomic E-state index is 14.1. The third-order valence-electron chi connectivity index (χ3n) is 4.55. The van der Waals surface area contributed by atoms with E-state index in [1.165, 1.54) is 6.20 Å². The van der Waals surface area contributed by atoms with E-state index in [2.05, 4.69) is 35.6 Å². The Bertz CT molecular complexity index is 1190. The van der Waals surface area contributed by atoms with Crippen LogP contribution in [0.1, 0.15) is 5.56 Å². The third-order valence-corrected chi connectivity index (χ3v) is 4.55. The summed E-state index contributed by atoms with van der Waals surface area (Å²) in [7, 11) is 1.74. The van der Waals surface area contributed by atoms with E-state index >= 15 is 0 Å². The molecule has 156 valence electrons. The van der Waals surface area contributed by atoms with E-state index in [0.29, 0.717) is 29.6 Å². The van der Waals surface area contributed by atoms with Gasteiger partial charge in [-0.3, -0.25) is 4.98 Å². The number of nitrogens with zero attached hydrogens (tertiary/aromatic N) is 5. The number of benzene rings is 1. The zero-order valence-corrected chi connectivity index (χ0v) is 16.7. The number of aromatic nitrogens is 5. The second kappa shape index (κ2) is 9.21. The van der Waals surface area contributed by atoms with Crippen molar-refractivity contribution in [2.45, 2.75) is 6.42 Å². The summed E-state index contributed by atoms with van der Waals surface area (Å²) in [5.41, 5.74) is 2.20. The standard InChI is InChI=1S/C22H19F2N7/c1-25-20-17(13-29-22(31-20)28-9-6-14-3-2-8-26-12-14)19-7-10-27-21(30-19)16-11-15(23)4-5-18(16)24/h2-5,7-8,10-13H,6,9H2,1H3,(H2,25,28,29,31). The van der Waals surface area contributed by atoms with Gasteiger partial charge in [-0.1, -0.05) is 6.07 Å². The first-order valence-corrected chi connectivity index (χ1v) is 9.60. The molecule has 3 aromatic heterocycles. The Labute approximate surface area is 177 Å². The minimum atomic E-state index is -0.600. The van der Waals surface area contributed by atoms with Gasteiger partial charge in [-0.05, 0) is 42.3 Å². The van der Waals surface area contributed by atoms with Crippen molar-refractivity contribution < 1.29 is 8.78 Å². The molecule has 0 aliphatic rings. The van der Waals surface area contributed by atoms with Crippen LogP contribution in [0.25, 0.3) is 22.6 Å². The quantitative estimate of drug-likeness (QED) is 0.469. The van der Waals surface area contributed by atoms with Crippen LogP contribution in [0.3, 0.4) is 0 Å². The van der Waals surface area contributed by atoms with Crippen molar-refractivity contribution in [2.75, 3.05) is 24.2 Å². The largest absolute Gasteiger partial charge is 0.372 e. The summed E-state index contributed by atoms with van der Waals surface area (Å²) in [6.07, 6.45) is 7.45. The molecule has 0 amide bonds. The van der Waals surface area contributed by atoms with Crippen LogP contribution in [0.2, 0.25) is 0 Å². The number of hydrogen-bond donors (Lipinski definition) is 2. The van der Waals surface area contributed by atoms with Crippen LogP contribution in [0.4, 0.5) is 20.5 Å². The summed E-state index contributed by atoms with van der Waals surface area (Å²) < 4.78 is 27.7. The minimum Gasteiger partial charge on any atom is -0.372 e. The fourth-order valence-electron chi connectivity index (χ4n) is 3.02. The molecule has 2 N–H and O–H groups in total. The van der Waals surface area contributed by atoms with Crippen molar-refractivity contribution in [3.05, 3.63) is 78.4 Å². The molecule has 0 unspecified atom stereocenters. The molecule has 0 radical (unpaired) electrons. The van der Waals surface area contributed by atoms with Crippen molar-refractivity contribution in [1.82, 2.24) is 24.9 Å². The Morgan fingerprint density at radius 1 is 0.935 bits per heavy atom. The maximum atomic E-state index is 14.1. The van der Waals surface area contributed by atoms with Crippen LogP contribution < -0.4 is 10.6 Å². The van der Waals surface area contributed by atoms with Gasteiger partial charge in [0.15, 0.2) is 5.82 Å². The molecular weight excluding hydrogens is 400 g/mol. The molecule has 9 heteroatoms. The number of halogens is 2. The molecule has 0 aliphatic heterocycles. The molecular formula is C22H19F2N7. The third kappa shape index (κ3) is 4.77. The maximum Gasteiger partial charge on any atom is 0.224 e. The predicted molar refractivity (Wildman–Crippen MR) is 114 cm³/mol. The van der Waals surface area contributed by atoms with Crippen molar-refractivity contribution in [3.63, 3.8) is 0 Å². The normalized spacial score (nSPS) is 10.7. The highest BCUT2D eigenvalue weighted by atomic mass is 19.1. The predicted octanol–water partition coefficient (Wildman–Crippen LogP) is 3.97. The highest BCUT2D eigenvalue weighted by molar-refractivity contribution is 5.73. The zero-order valence-electron chi connectivity index (χ0n) is 16.7. The molecule has 0 fully saturated rings. The molecule has 3 heterocycles. The van der Waals surface area contributed by atoms with E-state index in [0.717, 1.165) is 30.2 Å². The van der Waals surface area contributed by atoms with Gasteiger partial charge >= 0.3 is 0 Å². The Kier molecular flexibility index (Phi) is 6.02. The van der Waals surface area contributed by atoms with E-state index in [4.69, 9.17) is 0 Å². The fourth-order valence-corrected chi connectivity index (χ4v) is 3.02. The molecule has 0 aliphatic carbocycles. The number of pyridine rings is 1. The average molecular weight is 419 g/mol.